The Morgan fingerprint density at radius 3 is 2.52 bits per heavy atom. The Morgan fingerprint density at radius 2 is 1.78 bits per heavy atom. The monoisotopic (exact) mass is 373 g/mol. The summed E-state index contributed by atoms with van der Waals surface area (Å²) < 4.78 is 18.8. The predicted octanol–water partition coefficient (Wildman–Crippen LogP) is 3.30. The molecule has 0 heterocycles. The Bertz CT molecular complexity index is 781. The van der Waals surface area contributed by atoms with Crippen LogP contribution in [0.1, 0.15) is 19.4 Å². The summed E-state index contributed by atoms with van der Waals surface area (Å²) in [5, 5.41) is 8.08. The number of carbonyl (C=O) groups is 2. The third-order valence-electron chi connectivity index (χ3n) is 3.62. The maximum Gasteiger partial charge on any atom is 0.319 e. The van der Waals surface area contributed by atoms with Gasteiger partial charge in [0.05, 0.1) is 0 Å². The van der Waals surface area contributed by atoms with Gasteiger partial charge in [-0.3, -0.25) is 4.79 Å². The first-order chi connectivity index (χ1) is 12.9. The van der Waals surface area contributed by atoms with Crippen LogP contribution in [0, 0.1) is 11.7 Å². The van der Waals surface area contributed by atoms with E-state index >= 15 is 0 Å². The molecule has 0 radical (unpaired) electrons. The number of carbonyl (C=O) groups excluding carboxylic acids is 2. The molecular formula is C20H24FN3O3. The highest BCUT2D eigenvalue weighted by Crippen LogP contribution is 2.18. The molecule has 0 atom stereocenters. The normalized spacial score (nSPS) is 10.4. The Kier molecular flexibility index (Phi) is 7.61. The minimum atomic E-state index is -0.379. The number of nitrogens with one attached hydrogen (secondary N) is 3. The highest BCUT2D eigenvalue weighted by atomic mass is 19.1. The fourth-order valence-corrected chi connectivity index (χ4v) is 2.20. The average molecular weight is 373 g/mol. The molecule has 0 bridgehead atoms. The van der Waals surface area contributed by atoms with Crippen LogP contribution in [0.3, 0.4) is 0 Å². The van der Waals surface area contributed by atoms with Gasteiger partial charge in [-0.05, 0) is 29.8 Å². The molecule has 7 heteroatoms. The van der Waals surface area contributed by atoms with Gasteiger partial charge in [0, 0.05) is 30.8 Å². The number of urea groups is 1. The van der Waals surface area contributed by atoms with Crippen molar-refractivity contribution in [3.05, 3.63) is 59.9 Å². The summed E-state index contributed by atoms with van der Waals surface area (Å²) in [7, 11) is 0. The van der Waals surface area contributed by atoms with Crippen LogP contribution in [-0.2, 0) is 11.4 Å². The molecule has 27 heavy (non-hydrogen) atoms. The Morgan fingerprint density at radius 1 is 1.04 bits per heavy atom. The van der Waals surface area contributed by atoms with Crippen molar-refractivity contribution < 1.29 is 18.7 Å². The van der Waals surface area contributed by atoms with Gasteiger partial charge in [0.1, 0.15) is 18.2 Å². The predicted molar refractivity (Wildman–Crippen MR) is 102 cm³/mol. The number of ether oxygens (including phenoxy) is 1. The maximum atomic E-state index is 13.2. The molecule has 0 saturated heterocycles. The van der Waals surface area contributed by atoms with Crippen molar-refractivity contribution in [1.82, 2.24) is 10.6 Å². The van der Waals surface area contributed by atoms with E-state index in [1.807, 2.05) is 0 Å². The second-order valence-corrected chi connectivity index (χ2v) is 6.27. The van der Waals surface area contributed by atoms with Crippen LogP contribution in [0.15, 0.2) is 48.5 Å². The minimum absolute atomic E-state index is 0.0552. The Balaban J connectivity index is 1.77. The molecule has 0 spiro atoms. The number of hydrogen-bond donors (Lipinski definition) is 3. The zero-order chi connectivity index (χ0) is 19.6. The van der Waals surface area contributed by atoms with Crippen molar-refractivity contribution in [2.75, 3.05) is 18.4 Å². The first kappa shape index (κ1) is 20.2. The van der Waals surface area contributed by atoms with E-state index in [-0.39, 0.29) is 30.3 Å². The standard InChI is InChI=1S/C20H24FN3O3/c1-14(2)19(25)22-9-10-23-20(26)24-17-7-4-8-18(12-17)27-13-15-5-3-6-16(21)11-15/h3-8,11-12,14H,9-10,13H2,1-2H3,(H,22,25)(H2,23,24,26). The van der Waals surface area contributed by atoms with Crippen LogP contribution in [0.4, 0.5) is 14.9 Å². The first-order valence-corrected chi connectivity index (χ1v) is 8.74. The summed E-state index contributed by atoms with van der Waals surface area (Å²) in [6, 6.07) is 12.7. The Labute approximate surface area is 158 Å². The van der Waals surface area contributed by atoms with Crippen LogP contribution in [0.5, 0.6) is 5.75 Å². The van der Waals surface area contributed by atoms with Gasteiger partial charge in [0.25, 0.3) is 0 Å². The third kappa shape index (κ3) is 7.35. The van der Waals surface area contributed by atoms with Crippen LogP contribution < -0.4 is 20.7 Å². The van der Waals surface area contributed by atoms with Crippen molar-refractivity contribution in [3.8, 4) is 5.75 Å². The van der Waals surface area contributed by atoms with Crippen LogP contribution in [0.25, 0.3) is 0 Å². The molecule has 144 valence electrons. The zero-order valence-corrected chi connectivity index (χ0v) is 15.4. The smallest absolute Gasteiger partial charge is 0.319 e. The summed E-state index contributed by atoms with van der Waals surface area (Å²) in [6.45, 7) is 4.52. The molecule has 2 aromatic rings. The van der Waals surface area contributed by atoms with Gasteiger partial charge in [-0.1, -0.05) is 32.0 Å². The molecule has 0 aliphatic heterocycles. The van der Waals surface area contributed by atoms with Crippen molar-refractivity contribution in [2.45, 2.75) is 20.5 Å². The minimum Gasteiger partial charge on any atom is -0.489 e. The molecule has 2 aromatic carbocycles. The second-order valence-electron chi connectivity index (χ2n) is 6.27. The number of amides is 3. The SMILES string of the molecule is CC(C)C(=O)NCCNC(=O)Nc1cccc(OCc2cccc(F)c2)c1. The molecule has 3 amide bonds. The van der Waals surface area contributed by atoms with Crippen molar-refractivity contribution >= 4 is 17.6 Å². The molecule has 0 aliphatic carbocycles. The fraction of sp³-hybridized carbons (Fsp3) is 0.300. The summed E-state index contributed by atoms with van der Waals surface area (Å²) in [5.74, 6) is 0.100. The third-order valence-corrected chi connectivity index (χ3v) is 3.62. The van der Waals surface area contributed by atoms with Gasteiger partial charge >= 0.3 is 6.03 Å². The molecule has 0 aromatic heterocycles. The summed E-state index contributed by atoms with van der Waals surface area (Å²) >= 11 is 0. The van der Waals surface area contributed by atoms with Crippen LogP contribution in [-0.4, -0.2) is 25.0 Å². The van der Waals surface area contributed by atoms with Gasteiger partial charge in [-0.2, -0.15) is 0 Å². The number of anilines is 1. The molecule has 2 rings (SSSR count). The van der Waals surface area contributed by atoms with E-state index in [0.29, 0.717) is 24.5 Å². The molecule has 0 saturated carbocycles. The fourth-order valence-electron chi connectivity index (χ4n) is 2.20. The van der Waals surface area contributed by atoms with Crippen LogP contribution >= 0.6 is 0 Å². The van der Waals surface area contributed by atoms with Gasteiger partial charge < -0.3 is 20.7 Å². The van der Waals surface area contributed by atoms with Gasteiger partial charge in [0.2, 0.25) is 5.91 Å². The highest BCUT2D eigenvalue weighted by Gasteiger charge is 2.06. The van der Waals surface area contributed by atoms with Crippen LogP contribution in [0.2, 0.25) is 0 Å². The topological polar surface area (TPSA) is 79.5 Å². The lowest BCUT2D eigenvalue weighted by atomic mass is 10.2. The van der Waals surface area contributed by atoms with Gasteiger partial charge in [0.15, 0.2) is 0 Å². The zero-order valence-electron chi connectivity index (χ0n) is 15.4. The van der Waals surface area contributed by atoms with Gasteiger partial charge in [-0.15, -0.1) is 0 Å². The summed E-state index contributed by atoms with van der Waals surface area (Å²) in [5.41, 5.74) is 1.28. The van der Waals surface area contributed by atoms with E-state index in [2.05, 4.69) is 16.0 Å². The molecule has 6 nitrogen and oxygen atoms in total. The van der Waals surface area contributed by atoms with Crippen molar-refractivity contribution in [2.24, 2.45) is 5.92 Å². The van der Waals surface area contributed by atoms with E-state index < -0.39 is 0 Å². The maximum absolute atomic E-state index is 13.2. The van der Waals surface area contributed by atoms with E-state index in [9.17, 15) is 14.0 Å². The van der Waals surface area contributed by atoms with E-state index in [1.165, 1.54) is 12.1 Å². The molecule has 0 fully saturated rings. The average Bonchev–Trinajstić information content (AvgIpc) is 2.63. The second kappa shape index (κ2) is 10.2. The number of halogens is 1. The summed E-state index contributed by atoms with van der Waals surface area (Å²) in [4.78, 5) is 23.3. The Hall–Kier alpha value is -3.09. The van der Waals surface area contributed by atoms with E-state index in [0.717, 1.165) is 5.56 Å². The molecule has 0 unspecified atom stereocenters. The largest absolute Gasteiger partial charge is 0.489 e. The molecular weight excluding hydrogens is 349 g/mol. The lowest BCUT2D eigenvalue weighted by Gasteiger charge is -2.11. The lowest BCUT2D eigenvalue weighted by molar-refractivity contribution is -0.123. The molecule has 3 N–H and O–H groups in total. The van der Waals surface area contributed by atoms with Crippen molar-refractivity contribution in [3.63, 3.8) is 0 Å². The van der Waals surface area contributed by atoms with Crippen molar-refractivity contribution in [1.29, 1.82) is 0 Å². The molecule has 0 aliphatic rings. The van der Waals surface area contributed by atoms with E-state index in [4.69, 9.17) is 4.74 Å². The van der Waals surface area contributed by atoms with Gasteiger partial charge in [-0.25, -0.2) is 9.18 Å². The number of hydrogen-bond acceptors (Lipinski definition) is 3. The highest BCUT2D eigenvalue weighted by molar-refractivity contribution is 5.89. The van der Waals surface area contributed by atoms with E-state index in [1.54, 1.807) is 50.2 Å². The quantitative estimate of drug-likeness (QED) is 0.621. The number of rotatable bonds is 8. The summed E-state index contributed by atoms with van der Waals surface area (Å²) in [6.07, 6.45) is 0. The first-order valence-electron chi connectivity index (χ1n) is 8.74. The lowest BCUT2D eigenvalue weighted by Crippen LogP contribution is -2.38. The number of benzene rings is 2.